The molecule has 1 aliphatic carbocycles. The molecule has 1 spiro atoms. The zero-order chi connectivity index (χ0) is 13.3. The molecule has 0 N–H and O–H groups in total. The molecule has 0 amide bonds. The third kappa shape index (κ3) is 2.93. The second kappa shape index (κ2) is 5.63. The average Bonchev–Trinajstić information content (AvgIpc) is 2.39. The summed E-state index contributed by atoms with van der Waals surface area (Å²) in [7, 11) is 0. The maximum Gasteiger partial charge on any atom is 0.120 e. The molecule has 1 unspecified atom stereocenters. The Labute approximate surface area is 127 Å². The summed E-state index contributed by atoms with van der Waals surface area (Å²) in [4.78, 5) is 0. The van der Waals surface area contributed by atoms with Crippen LogP contribution in [0.2, 0.25) is 0 Å². The maximum atomic E-state index is 6.12. The van der Waals surface area contributed by atoms with Crippen molar-refractivity contribution in [3.63, 3.8) is 0 Å². The van der Waals surface area contributed by atoms with E-state index >= 15 is 0 Å². The number of ether oxygens (including phenoxy) is 2. The molecule has 2 aliphatic rings. The molecule has 2 fully saturated rings. The molecule has 1 aromatic rings. The van der Waals surface area contributed by atoms with Gasteiger partial charge in [0.05, 0.1) is 12.2 Å². The average molecular weight is 346 g/mol. The molecule has 3 rings (SSSR count). The van der Waals surface area contributed by atoms with Crippen LogP contribution in [-0.2, 0) is 10.6 Å². The van der Waals surface area contributed by atoms with E-state index < -0.39 is 0 Å². The summed E-state index contributed by atoms with van der Waals surface area (Å²) < 4.78 is 13.1. The van der Waals surface area contributed by atoms with Crippen LogP contribution in [0.25, 0.3) is 0 Å². The molecule has 1 saturated heterocycles. The number of hydrogen-bond acceptors (Lipinski definition) is 2. The first-order chi connectivity index (χ1) is 9.21. The molecule has 104 valence electrons. The monoisotopic (exact) mass is 344 g/mol. The van der Waals surface area contributed by atoms with Gasteiger partial charge in [0.15, 0.2) is 0 Å². The lowest BCUT2D eigenvalue weighted by Crippen LogP contribution is -2.48. The van der Waals surface area contributed by atoms with Crippen LogP contribution >= 0.6 is 27.5 Å². The normalized spacial score (nSPS) is 25.1. The van der Waals surface area contributed by atoms with Crippen molar-refractivity contribution >= 4 is 27.5 Å². The lowest BCUT2D eigenvalue weighted by Gasteiger charge is -2.46. The van der Waals surface area contributed by atoms with Crippen molar-refractivity contribution in [1.82, 2.24) is 0 Å². The lowest BCUT2D eigenvalue weighted by molar-refractivity contribution is -0.153. The fourth-order valence-corrected chi connectivity index (χ4v) is 3.69. The van der Waals surface area contributed by atoms with Gasteiger partial charge in [-0.2, -0.15) is 0 Å². The Hall–Kier alpha value is -0.250. The number of alkyl halides is 1. The van der Waals surface area contributed by atoms with E-state index in [-0.39, 0.29) is 11.7 Å². The van der Waals surface area contributed by atoms with Crippen LogP contribution in [-0.4, -0.2) is 18.3 Å². The fraction of sp³-hybridized carbons (Fsp3) is 0.600. The van der Waals surface area contributed by atoms with Gasteiger partial charge in [-0.3, -0.25) is 0 Å². The zero-order valence-electron chi connectivity index (χ0n) is 10.8. The van der Waals surface area contributed by atoms with Gasteiger partial charge in [0.2, 0.25) is 0 Å². The van der Waals surface area contributed by atoms with Crippen molar-refractivity contribution in [3.05, 3.63) is 28.2 Å². The molecule has 1 aliphatic heterocycles. The molecule has 19 heavy (non-hydrogen) atoms. The van der Waals surface area contributed by atoms with E-state index in [0.717, 1.165) is 35.2 Å². The van der Waals surface area contributed by atoms with Crippen LogP contribution in [0.3, 0.4) is 0 Å². The number of rotatable bonds is 3. The van der Waals surface area contributed by atoms with E-state index in [1.54, 1.807) is 0 Å². The Kier molecular flexibility index (Phi) is 4.06. The summed E-state index contributed by atoms with van der Waals surface area (Å²) in [5.41, 5.74) is 1.21. The van der Waals surface area contributed by atoms with Gasteiger partial charge in [-0.1, -0.05) is 15.9 Å². The number of hydrogen-bond donors (Lipinski definition) is 0. The number of benzene rings is 1. The van der Waals surface area contributed by atoms with Gasteiger partial charge in [-0.05, 0) is 43.0 Å². The minimum absolute atomic E-state index is 0.133. The Balaban J connectivity index is 1.67. The van der Waals surface area contributed by atoms with Crippen molar-refractivity contribution in [2.45, 2.75) is 49.7 Å². The molecular weight excluding hydrogens is 328 g/mol. The van der Waals surface area contributed by atoms with Crippen LogP contribution in [0.4, 0.5) is 0 Å². The van der Waals surface area contributed by atoms with Crippen molar-refractivity contribution < 1.29 is 9.47 Å². The second-order valence-electron chi connectivity index (χ2n) is 5.50. The topological polar surface area (TPSA) is 18.5 Å². The van der Waals surface area contributed by atoms with Crippen LogP contribution in [0.15, 0.2) is 22.7 Å². The van der Waals surface area contributed by atoms with Gasteiger partial charge < -0.3 is 9.47 Å². The van der Waals surface area contributed by atoms with Crippen LogP contribution in [0.5, 0.6) is 5.75 Å². The smallest absolute Gasteiger partial charge is 0.120 e. The van der Waals surface area contributed by atoms with Crippen LogP contribution in [0.1, 0.15) is 37.7 Å². The first-order valence-corrected chi connectivity index (χ1v) is 8.19. The Morgan fingerprint density at radius 1 is 1.42 bits per heavy atom. The molecule has 1 heterocycles. The van der Waals surface area contributed by atoms with Crippen molar-refractivity contribution in [2.24, 2.45) is 0 Å². The molecule has 0 aromatic heterocycles. The summed E-state index contributed by atoms with van der Waals surface area (Å²) in [6.07, 6.45) is 5.97. The summed E-state index contributed by atoms with van der Waals surface area (Å²) in [5.74, 6) is 1.41. The molecule has 4 heteroatoms. The van der Waals surface area contributed by atoms with E-state index in [9.17, 15) is 0 Å². The quantitative estimate of drug-likeness (QED) is 0.741. The van der Waals surface area contributed by atoms with Gasteiger partial charge in [0.25, 0.3) is 0 Å². The number of halogens is 2. The molecule has 1 atom stereocenters. The van der Waals surface area contributed by atoms with Gasteiger partial charge >= 0.3 is 0 Å². The predicted molar refractivity (Wildman–Crippen MR) is 79.9 cm³/mol. The van der Waals surface area contributed by atoms with Crippen molar-refractivity contribution in [2.75, 3.05) is 6.61 Å². The third-order valence-corrected chi connectivity index (χ3v) is 5.24. The van der Waals surface area contributed by atoms with Gasteiger partial charge in [0, 0.05) is 23.2 Å². The highest BCUT2D eigenvalue weighted by Crippen LogP contribution is 2.43. The minimum Gasteiger partial charge on any atom is -0.490 e. The summed E-state index contributed by atoms with van der Waals surface area (Å²) >= 11 is 9.41. The van der Waals surface area contributed by atoms with Gasteiger partial charge in [-0.25, -0.2) is 0 Å². The lowest BCUT2D eigenvalue weighted by atomic mass is 9.74. The highest BCUT2D eigenvalue weighted by molar-refractivity contribution is 9.10. The van der Waals surface area contributed by atoms with E-state index in [0.29, 0.717) is 5.88 Å². The minimum atomic E-state index is 0.133. The van der Waals surface area contributed by atoms with Crippen molar-refractivity contribution in [1.29, 1.82) is 0 Å². The third-order valence-electron chi connectivity index (χ3n) is 4.18. The van der Waals surface area contributed by atoms with Gasteiger partial charge in [0.1, 0.15) is 11.9 Å². The van der Waals surface area contributed by atoms with Crippen LogP contribution < -0.4 is 4.74 Å². The Morgan fingerprint density at radius 3 is 2.95 bits per heavy atom. The fourth-order valence-electron chi connectivity index (χ4n) is 2.92. The zero-order valence-corrected chi connectivity index (χ0v) is 13.2. The highest BCUT2D eigenvalue weighted by Gasteiger charge is 2.43. The molecule has 0 radical (unpaired) electrons. The van der Waals surface area contributed by atoms with Crippen LogP contribution in [0, 0.1) is 0 Å². The molecule has 2 nitrogen and oxygen atoms in total. The first kappa shape index (κ1) is 13.7. The summed E-state index contributed by atoms with van der Waals surface area (Å²) in [5, 5.41) is 0. The van der Waals surface area contributed by atoms with Crippen molar-refractivity contribution in [3.8, 4) is 5.75 Å². The Bertz CT molecular complexity index is 459. The SMILES string of the molecule is ClCc1cc(OC2CCOC3(CCC3)C2)ccc1Br. The highest BCUT2D eigenvalue weighted by atomic mass is 79.9. The van der Waals surface area contributed by atoms with E-state index in [1.807, 2.05) is 18.2 Å². The first-order valence-electron chi connectivity index (χ1n) is 6.86. The second-order valence-corrected chi connectivity index (χ2v) is 6.63. The Morgan fingerprint density at radius 2 is 2.26 bits per heavy atom. The van der Waals surface area contributed by atoms with Gasteiger partial charge in [-0.15, -0.1) is 11.6 Å². The van der Waals surface area contributed by atoms with E-state index in [2.05, 4.69) is 15.9 Å². The maximum absolute atomic E-state index is 6.12. The summed E-state index contributed by atoms with van der Waals surface area (Å²) in [6, 6.07) is 6.04. The molecule has 0 bridgehead atoms. The molecule has 1 aromatic carbocycles. The summed E-state index contributed by atoms with van der Waals surface area (Å²) in [6.45, 7) is 0.823. The predicted octanol–water partition coefficient (Wildman–Crippen LogP) is 4.67. The largest absolute Gasteiger partial charge is 0.490 e. The molecule has 1 saturated carbocycles. The standard InChI is InChI=1S/C15H18BrClO2/c16-14-3-2-12(8-11(14)10-17)19-13-4-7-18-15(9-13)5-1-6-15/h2-3,8,13H,1,4-7,9-10H2. The van der Waals surface area contributed by atoms with E-state index in [4.69, 9.17) is 21.1 Å². The van der Waals surface area contributed by atoms with E-state index in [1.165, 1.54) is 19.3 Å². The molecular formula is C15H18BrClO2.